The van der Waals surface area contributed by atoms with Gasteiger partial charge in [0.05, 0.1) is 6.42 Å². The number of carbonyl (C=O) groups is 3. The van der Waals surface area contributed by atoms with E-state index in [1.165, 1.54) is 0 Å². The molecule has 0 bridgehead atoms. The second-order valence-corrected chi connectivity index (χ2v) is 9.23. The summed E-state index contributed by atoms with van der Waals surface area (Å²) in [6.07, 6.45) is 1.42. The number of likely N-dealkylation sites (N-methyl/N-ethyl adjacent to an activating group) is 1. The summed E-state index contributed by atoms with van der Waals surface area (Å²) in [4.78, 5) is 38.7. The first-order valence-electron chi connectivity index (χ1n) is 12.1. The van der Waals surface area contributed by atoms with Crippen LogP contribution in [0.15, 0.2) is 48.5 Å². The molecule has 0 radical (unpaired) electrons. The Morgan fingerprint density at radius 1 is 1.00 bits per heavy atom. The van der Waals surface area contributed by atoms with Crippen LogP contribution < -0.4 is 10.6 Å². The normalized spacial score (nSPS) is 14.1. The minimum Gasteiger partial charge on any atom is -0.481 e. The standard InChI is InChI=1S/C27H35N3O5/c1-4-5-10-18(15-25(31)32)28-26(33)24(16-30(2)3)29-27(34)35-17-23-21-13-8-6-11-19(21)20-12-7-9-14-22(20)23/h6-9,11-14,18,23-24H,4-5,10,15-17H2,1-3H3,(H,28,33)(H,29,34)(H,31,32)/t18?,24-/m0/s1. The van der Waals surface area contributed by atoms with Gasteiger partial charge < -0.3 is 25.4 Å². The highest BCUT2D eigenvalue weighted by atomic mass is 16.5. The minimum atomic E-state index is -0.972. The van der Waals surface area contributed by atoms with E-state index in [0.29, 0.717) is 6.42 Å². The van der Waals surface area contributed by atoms with Gasteiger partial charge in [-0.1, -0.05) is 68.3 Å². The molecular formula is C27H35N3O5. The fourth-order valence-corrected chi connectivity index (χ4v) is 4.53. The van der Waals surface area contributed by atoms with E-state index in [-0.39, 0.29) is 25.5 Å². The smallest absolute Gasteiger partial charge is 0.407 e. The third-order valence-electron chi connectivity index (χ3n) is 6.17. The van der Waals surface area contributed by atoms with Crippen molar-refractivity contribution in [1.29, 1.82) is 0 Å². The van der Waals surface area contributed by atoms with Crippen molar-refractivity contribution in [2.75, 3.05) is 27.2 Å². The first-order valence-corrected chi connectivity index (χ1v) is 12.1. The molecular weight excluding hydrogens is 446 g/mol. The first kappa shape index (κ1) is 26.2. The van der Waals surface area contributed by atoms with E-state index in [1.807, 2.05) is 43.3 Å². The Hall–Kier alpha value is -3.39. The van der Waals surface area contributed by atoms with Crippen molar-refractivity contribution in [1.82, 2.24) is 15.5 Å². The molecule has 0 saturated carbocycles. The molecule has 3 rings (SSSR count). The van der Waals surface area contributed by atoms with Crippen molar-refractivity contribution in [2.45, 2.75) is 50.6 Å². The fourth-order valence-electron chi connectivity index (χ4n) is 4.53. The van der Waals surface area contributed by atoms with E-state index in [2.05, 4.69) is 22.8 Å². The second-order valence-electron chi connectivity index (χ2n) is 9.23. The highest BCUT2D eigenvalue weighted by molar-refractivity contribution is 5.86. The topological polar surface area (TPSA) is 108 Å². The zero-order valence-electron chi connectivity index (χ0n) is 20.6. The Labute approximate surface area is 206 Å². The molecule has 1 aliphatic carbocycles. The van der Waals surface area contributed by atoms with E-state index in [9.17, 15) is 19.5 Å². The number of nitrogens with one attached hydrogen (secondary N) is 2. The van der Waals surface area contributed by atoms with Crippen LogP contribution in [-0.4, -0.2) is 67.3 Å². The molecule has 2 atom stereocenters. The van der Waals surface area contributed by atoms with Gasteiger partial charge in [0.2, 0.25) is 5.91 Å². The maximum Gasteiger partial charge on any atom is 0.407 e. The maximum absolute atomic E-state index is 13.0. The minimum absolute atomic E-state index is 0.0803. The van der Waals surface area contributed by atoms with Crippen molar-refractivity contribution in [3.8, 4) is 11.1 Å². The van der Waals surface area contributed by atoms with Gasteiger partial charge in [0, 0.05) is 18.5 Å². The Kier molecular flexibility index (Phi) is 9.25. The number of aliphatic carboxylic acids is 1. The number of rotatable bonds is 12. The lowest BCUT2D eigenvalue weighted by atomic mass is 9.98. The zero-order chi connectivity index (χ0) is 25.4. The monoisotopic (exact) mass is 481 g/mol. The summed E-state index contributed by atoms with van der Waals surface area (Å²) in [6, 6.07) is 14.8. The largest absolute Gasteiger partial charge is 0.481 e. The number of hydrogen-bond donors (Lipinski definition) is 3. The number of ether oxygens (including phenoxy) is 1. The van der Waals surface area contributed by atoms with Gasteiger partial charge in [-0.25, -0.2) is 4.79 Å². The number of hydrogen-bond acceptors (Lipinski definition) is 5. The van der Waals surface area contributed by atoms with Crippen molar-refractivity contribution in [3.63, 3.8) is 0 Å². The van der Waals surface area contributed by atoms with Crippen LogP contribution in [0.25, 0.3) is 11.1 Å². The van der Waals surface area contributed by atoms with Crippen LogP contribution >= 0.6 is 0 Å². The molecule has 2 aromatic rings. The molecule has 8 heteroatoms. The maximum atomic E-state index is 13.0. The summed E-state index contributed by atoms with van der Waals surface area (Å²) in [5, 5.41) is 14.7. The lowest BCUT2D eigenvalue weighted by molar-refractivity contribution is -0.137. The summed E-state index contributed by atoms with van der Waals surface area (Å²) in [5.41, 5.74) is 4.49. The molecule has 2 amide bonds. The zero-order valence-corrected chi connectivity index (χ0v) is 20.6. The average molecular weight is 482 g/mol. The molecule has 188 valence electrons. The molecule has 0 aliphatic heterocycles. The van der Waals surface area contributed by atoms with Crippen LogP contribution in [0.2, 0.25) is 0 Å². The van der Waals surface area contributed by atoms with Crippen LogP contribution in [-0.2, 0) is 14.3 Å². The lowest BCUT2D eigenvalue weighted by Gasteiger charge is -2.25. The molecule has 0 saturated heterocycles. The van der Waals surface area contributed by atoms with Crippen LogP contribution in [0.3, 0.4) is 0 Å². The van der Waals surface area contributed by atoms with Gasteiger partial charge in [0.25, 0.3) is 0 Å². The number of benzene rings is 2. The van der Waals surface area contributed by atoms with Gasteiger partial charge in [-0.05, 0) is 42.8 Å². The van der Waals surface area contributed by atoms with Crippen molar-refractivity contribution in [2.24, 2.45) is 0 Å². The van der Waals surface area contributed by atoms with E-state index >= 15 is 0 Å². The number of fused-ring (bicyclic) bond motifs is 3. The third kappa shape index (κ3) is 7.05. The van der Waals surface area contributed by atoms with Crippen LogP contribution in [0, 0.1) is 0 Å². The molecule has 0 fully saturated rings. The van der Waals surface area contributed by atoms with E-state index in [0.717, 1.165) is 35.1 Å². The molecule has 8 nitrogen and oxygen atoms in total. The highest BCUT2D eigenvalue weighted by Gasteiger charge is 2.30. The Balaban J connectivity index is 1.64. The van der Waals surface area contributed by atoms with Crippen LogP contribution in [0.5, 0.6) is 0 Å². The summed E-state index contributed by atoms with van der Waals surface area (Å²) >= 11 is 0. The van der Waals surface area contributed by atoms with Gasteiger partial charge in [-0.15, -0.1) is 0 Å². The van der Waals surface area contributed by atoms with E-state index in [4.69, 9.17) is 4.74 Å². The predicted molar refractivity (Wildman–Crippen MR) is 134 cm³/mol. The number of amides is 2. The molecule has 0 heterocycles. The van der Waals surface area contributed by atoms with Gasteiger partial charge in [0.1, 0.15) is 12.6 Å². The second kappa shape index (κ2) is 12.4. The Morgan fingerprint density at radius 2 is 1.60 bits per heavy atom. The molecule has 2 aromatic carbocycles. The third-order valence-corrected chi connectivity index (χ3v) is 6.17. The summed E-state index contributed by atoms with van der Waals surface area (Å²) in [6.45, 7) is 2.41. The SMILES string of the molecule is CCCCC(CC(=O)O)NC(=O)[C@H](CN(C)C)NC(=O)OCC1c2ccccc2-c2ccccc21. The quantitative estimate of drug-likeness (QED) is 0.428. The van der Waals surface area contributed by atoms with E-state index < -0.39 is 30.1 Å². The number of carbonyl (C=O) groups excluding carboxylic acids is 2. The highest BCUT2D eigenvalue weighted by Crippen LogP contribution is 2.44. The number of alkyl carbamates (subject to hydrolysis) is 1. The van der Waals surface area contributed by atoms with E-state index in [1.54, 1.807) is 19.0 Å². The molecule has 35 heavy (non-hydrogen) atoms. The summed E-state index contributed by atoms with van der Waals surface area (Å²) in [7, 11) is 3.59. The van der Waals surface area contributed by atoms with Gasteiger partial charge in [0.15, 0.2) is 0 Å². The summed E-state index contributed by atoms with van der Waals surface area (Å²) in [5.74, 6) is -1.47. The van der Waals surface area contributed by atoms with Gasteiger partial charge in [-0.2, -0.15) is 0 Å². The lowest BCUT2D eigenvalue weighted by Crippen LogP contribution is -2.54. The number of carboxylic acids is 1. The number of carboxylic acid groups (broad SMARTS) is 1. The first-order chi connectivity index (χ1) is 16.8. The van der Waals surface area contributed by atoms with Crippen molar-refractivity contribution < 1.29 is 24.2 Å². The molecule has 1 unspecified atom stereocenters. The fraction of sp³-hybridized carbons (Fsp3) is 0.444. The number of unbranched alkanes of at least 4 members (excludes halogenated alkanes) is 1. The molecule has 3 N–H and O–H groups in total. The Morgan fingerprint density at radius 3 is 2.14 bits per heavy atom. The molecule has 0 spiro atoms. The van der Waals surface area contributed by atoms with Gasteiger partial charge in [-0.3, -0.25) is 9.59 Å². The predicted octanol–water partition coefficient (Wildman–Crippen LogP) is 3.61. The number of nitrogens with zero attached hydrogens (tertiary/aromatic N) is 1. The molecule has 1 aliphatic rings. The average Bonchev–Trinajstić information content (AvgIpc) is 3.14. The summed E-state index contributed by atoms with van der Waals surface area (Å²) < 4.78 is 5.59. The Bertz CT molecular complexity index is 993. The molecule has 0 aromatic heterocycles. The van der Waals surface area contributed by atoms with Crippen molar-refractivity contribution >= 4 is 18.0 Å². The van der Waals surface area contributed by atoms with Gasteiger partial charge >= 0.3 is 12.1 Å². The van der Waals surface area contributed by atoms with Crippen LogP contribution in [0.1, 0.15) is 49.7 Å². The van der Waals surface area contributed by atoms with Crippen molar-refractivity contribution in [3.05, 3.63) is 59.7 Å². The van der Waals surface area contributed by atoms with Crippen LogP contribution in [0.4, 0.5) is 4.79 Å².